The van der Waals surface area contributed by atoms with Crippen LogP contribution in [0.4, 0.5) is 30.4 Å². The number of pyridine rings is 1. The fourth-order valence-electron chi connectivity index (χ4n) is 4.28. The molecule has 192 valence electrons. The number of hydrogen-bond acceptors (Lipinski definition) is 6. The summed E-state index contributed by atoms with van der Waals surface area (Å²) >= 11 is 0. The third-order valence-electron chi connectivity index (χ3n) is 6.17. The quantitative estimate of drug-likeness (QED) is 0.292. The first-order valence-electron chi connectivity index (χ1n) is 11.9. The largest absolute Gasteiger partial charge is 0.492 e. The minimum atomic E-state index is -4.58. The maximum absolute atomic E-state index is 13.6. The number of H-pyrrole nitrogens is 1. The second kappa shape index (κ2) is 10.5. The maximum atomic E-state index is 13.6. The van der Waals surface area contributed by atoms with Crippen molar-refractivity contribution in [2.75, 3.05) is 36.9 Å². The smallest absolute Gasteiger partial charge is 0.419 e. The van der Waals surface area contributed by atoms with Crippen molar-refractivity contribution in [3.8, 4) is 5.75 Å². The van der Waals surface area contributed by atoms with E-state index >= 15 is 0 Å². The molecular weight excluding hydrogens is 485 g/mol. The van der Waals surface area contributed by atoms with Crippen LogP contribution in [0.5, 0.6) is 5.75 Å². The lowest BCUT2D eigenvalue weighted by molar-refractivity contribution is -0.138. The molecule has 8 nitrogen and oxygen atoms in total. The van der Waals surface area contributed by atoms with Crippen LogP contribution in [0, 0.1) is 0 Å². The molecule has 2 aromatic carbocycles. The van der Waals surface area contributed by atoms with Gasteiger partial charge >= 0.3 is 6.18 Å². The number of hydrogen-bond donors (Lipinski definition) is 3. The fraction of sp³-hybridized carbons (Fsp3) is 0.269. The number of ether oxygens (including phenoxy) is 1. The summed E-state index contributed by atoms with van der Waals surface area (Å²) in [6.07, 6.45) is 0.823. The average molecular weight is 511 g/mol. The number of fused-ring (bicyclic) bond motifs is 1. The summed E-state index contributed by atoms with van der Waals surface area (Å²) in [7, 11) is 0. The van der Waals surface area contributed by atoms with Crippen molar-refractivity contribution >= 4 is 34.0 Å². The highest BCUT2D eigenvalue weighted by Gasteiger charge is 2.34. The highest BCUT2D eigenvalue weighted by molar-refractivity contribution is 6.08. The number of likely N-dealkylation sites (tertiary alicyclic amines) is 1. The molecule has 0 radical (unpaired) electrons. The number of aromatic amines is 1. The molecule has 5 rings (SSSR count). The average Bonchev–Trinajstić information content (AvgIpc) is 3.56. The third kappa shape index (κ3) is 5.83. The predicted octanol–water partition coefficient (Wildman–Crippen LogP) is 5.45. The zero-order valence-corrected chi connectivity index (χ0v) is 19.8. The molecule has 1 fully saturated rings. The van der Waals surface area contributed by atoms with E-state index in [9.17, 15) is 18.0 Å². The summed E-state index contributed by atoms with van der Waals surface area (Å²) in [5.41, 5.74) is 1.03. The summed E-state index contributed by atoms with van der Waals surface area (Å²) in [6.45, 7) is 2.51. The molecule has 1 amide bonds. The lowest BCUT2D eigenvalue weighted by Crippen LogP contribution is -2.25. The van der Waals surface area contributed by atoms with Crippen LogP contribution in [-0.2, 0) is 6.18 Å². The monoisotopic (exact) mass is 510 g/mol. The Morgan fingerprint density at radius 1 is 1.08 bits per heavy atom. The van der Waals surface area contributed by atoms with Crippen LogP contribution in [0.2, 0.25) is 0 Å². The van der Waals surface area contributed by atoms with E-state index in [-0.39, 0.29) is 23.6 Å². The van der Waals surface area contributed by atoms with Crippen molar-refractivity contribution < 1.29 is 22.7 Å². The van der Waals surface area contributed by atoms with Gasteiger partial charge in [0.25, 0.3) is 5.91 Å². The number of benzene rings is 2. The summed E-state index contributed by atoms with van der Waals surface area (Å²) in [4.78, 5) is 19.5. The molecule has 0 saturated carbocycles. The van der Waals surface area contributed by atoms with Gasteiger partial charge in [0.05, 0.1) is 22.8 Å². The van der Waals surface area contributed by atoms with Crippen LogP contribution in [0.3, 0.4) is 0 Å². The fourth-order valence-corrected chi connectivity index (χ4v) is 4.28. The van der Waals surface area contributed by atoms with E-state index in [0.717, 1.165) is 42.9 Å². The molecule has 1 saturated heterocycles. The van der Waals surface area contributed by atoms with Gasteiger partial charge in [0, 0.05) is 35.6 Å². The Labute approximate surface area is 210 Å². The lowest BCUT2D eigenvalue weighted by Gasteiger charge is -2.18. The van der Waals surface area contributed by atoms with Gasteiger partial charge in [0.15, 0.2) is 0 Å². The molecule has 0 atom stereocenters. The van der Waals surface area contributed by atoms with Crippen molar-refractivity contribution in [2.45, 2.75) is 19.0 Å². The van der Waals surface area contributed by atoms with Gasteiger partial charge in [0.1, 0.15) is 18.2 Å². The molecule has 37 heavy (non-hydrogen) atoms. The second-order valence-corrected chi connectivity index (χ2v) is 8.76. The molecule has 1 aliphatic heterocycles. The molecule has 3 N–H and O–H groups in total. The molecule has 0 unspecified atom stereocenters. The summed E-state index contributed by atoms with van der Waals surface area (Å²) < 4.78 is 46.3. The number of aromatic nitrogens is 3. The second-order valence-electron chi connectivity index (χ2n) is 8.76. The number of alkyl halides is 3. The highest BCUT2D eigenvalue weighted by Crippen LogP contribution is 2.38. The van der Waals surface area contributed by atoms with Crippen molar-refractivity contribution in [1.29, 1.82) is 0 Å². The van der Waals surface area contributed by atoms with E-state index in [1.54, 1.807) is 18.3 Å². The van der Waals surface area contributed by atoms with Crippen molar-refractivity contribution in [1.82, 2.24) is 20.1 Å². The van der Waals surface area contributed by atoms with Gasteiger partial charge in [-0.25, -0.2) is 4.98 Å². The Balaban J connectivity index is 1.33. The van der Waals surface area contributed by atoms with Crippen LogP contribution in [-0.4, -0.2) is 52.2 Å². The molecule has 11 heteroatoms. The molecule has 4 aromatic rings. The van der Waals surface area contributed by atoms with Crippen LogP contribution in [0.1, 0.15) is 28.8 Å². The van der Waals surface area contributed by atoms with Gasteiger partial charge in [-0.1, -0.05) is 0 Å². The normalized spacial score (nSPS) is 14.1. The van der Waals surface area contributed by atoms with E-state index in [1.165, 1.54) is 18.3 Å². The number of rotatable bonds is 8. The first-order valence-corrected chi connectivity index (χ1v) is 11.9. The SMILES string of the molecule is O=C(Nc1ccc(C(F)(F)F)c(OCCN2CCCC2)c1)c1cccnc1Nc1ccc2cn[nH]c2c1. The molecule has 2 aromatic heterocycles. The number of carbonyl (C=O) groups is 1. The van der Waals surface area contributed by atoms with Crippen LogP contribution < -0.4 is 15.4 Å². The maximum Gasteiger partial charge on any atom is 0.419 e. The molecule has 0 spiro atoms. The first-order chi connectivity index (χ1) is 17.9. The summed E-state index contributed by atoms with van der Waals surface area (Å²) in [5, 5.41) is 13.6. The van der Waals surface area contributed by atoms with Crippen LogP contribution in [0.25, 0.3) is 10.9 Å². The van der Waals surface area contributed by atoms with E-state index < -0.39 is 17.6 Å². The number of nitrogens with zero attached hydrogens (tertiary/aromatic N) is 3. The van der Waals surface area contributed by atoms with Gasteiger partial charge in [-0.05, 0) is 68.4 Å². The Bertz CT molecular complexity index is 1400. The molecule has 0 aliphatic carbocycles. The molecule has 1 aliphatic rings. The minimum Gasteiger partial charge on any atom is -0.492 e. The number of nitrogens with one attached hydrogen (secondary N) is 3. The predicted molar refractivity (Wildman–Crippen MR) is 134 cm³/mol. The Hall–Kier alpha value is -4.12. The Kier molecular flexibility index (Phi) is 6.95. The summed E-state index contributed by atoms with van der Waals surface area (Å²) in [6, 6.07) is 12.1. The van der Waals surface area contributed by atoms with Crippen molar-refractivity contribution in [3.63, 3.8) is 0 Å². The molecule has 3 heterocycles. The zero-order valence-electron chi connectivity index (χ0n) is 19.8. The van der Waals surface area contributed by atoms with Crippen LogP contribution in [0.15, 0.2) is 60.9 Å². The summed E-state index contributed by atoms with van der Waals surface area (Å²) in [5.74, 6) is -0.546. The van der Waals surface area contributed by atoms with Gasteiger partial charge in [-0.15, -0.1) is 0 Å². The van der Waals surface area contributed by atoms with Gasteiger partial charge < -0.3 is 15.4 Å². The van der Waals surface area contributed by atoms with E-state index in [4.69, 9.17) is 4.74 Å². The Morgan fingerprint density at radius 2 is 1.89 bits per heavy atom. The molecular formula is C26H25F3N6O2. The topological polar surface area (TPSA) is 95.2 Å². The number of carbonyl (C=O) groups excluding carboxylic acids is 1. The van der Waals surface area contributed by atoms with Crippen LogP contribution >= 0.6 is 0 Å². The first kappa shape index (κ1) is 24.6. The van der Waals surface area contributed by atoms with Gasteiger partial charge in [0.2, 0.25) is 0 Å². The minimum absolute atomic E-state index is 0.123. The molecule has 0 bridgehead atoms. The van der Waals surface area contributed by atoms with Gasteiger partial charge in [-0.2, -0.15) is 18.3 Å². The van der Waals surface area contributed by atoms with Crippen molar-refractivity contribution in [3.05, 3.63) is 72.1 Å². The number of anilines is 3. The number of halogens is 3. The van der Waals surface area contributed by atoms with Crippen molar-refractivity contribution in [2.24, 2.45) is 0 Å². The third-order valence-corrected chi connectivity index (χ3v) is 6.17. The highest BCUT2D eigenvalue weighted by atomic mass is 19.4. The van der Waals surface area contributed by atoms with E-state index in [0.29, 0.717) is 18.1 Å². The standard InChI is InChI=1S/C26H25F3N6O2/c27-26(28,29)21-8-7-19(15-23(21)37-13-12-35-10-1-2-11-35)33-25(36)20-4-3-9-30-24(20)32-18-6-5-17-16-31-34-22(17)14-18/h3-9,14-16H,1-2,10-13H2,(H,30,32)(H,31,34)(H,33,36). The van der Waals surface area contributed by atoms with E-state index in [2.05, 4.69) is 30.7 Å². The lowest BCUT2D eigenvalue weighted by atomic mass is 10.1. The van der Waals surface area contributed by atoms with Gasteiger partial charge in [-0.3, -0.25) is 14.8 Å². The van der Waals surface area contributed by atoms with E-state index in [1.807, 2.05) is 18.2 Å². The zero-order chi connectivity index (χ0) is 25.8. The Morgan fingerprint density at radius 3 is 2.70 bits per heavy atom. The number of amides is 1.